The second-order valence-corrected chi connectivity index (χ2v) is 6.76. The van der Waals surface area contributed by atoms with Crippen molar-refractivity contribution in [3.8, 4) is 11.3 Å². The van der Waals surface area contributed by atoms with Crippen LogP contribution in [-0.4, -0.2) is 38.9 Å². The van der Waals surface area contributed by atoms with E-state index in [2.05, 4.69) is 29.4 Å². The third-order valence-electron chi connectivity index (χ3n) is 4.84. The van der Waals surface area contributed by atoms with Gasteiger partial charge in [0.05, 0.1) is 12.2 Å². The summed E-state index contributed by atoms with van der Waals surface area (Å²) in [5.74, 6) is 0.0905. The molecule has 26 heavy (non-hydrogen) atoms. The monoisotopic (exact) mass is 346 g/mol. The van der Waals surface area contributed by atoms with Gasteiger partial charge in [0.15, 0.2) is 0 Å². The lowest BCUT2D eigenvalue weighted by atomic mass is 10.0. The molecule has 132 valence electrons. The zero-order valence-electron chi connectivity index (χ0n) is 14.9. The molecule has 4 rings (SSSR count). The minimum absolute atomic E-state index is 0.0905. The van der Waals surface area contributed by atoms with E-state index in [0.717, 1.165) is 29.7 Å². The highest BCUT2D eigenvalue weighted by molar-refractivity contribution is 5.94. The Hall–Kier alpha value is -2.95. The first-order valence-electron chi connectivity index (χ1n) is 9.10. The Morgan fingerprint density at radius 2 is 1.81 bits per heavy atom. The second kappa shape index (κ2) is 7.12. The Balaban J connectivity index is 1.38. The predicted octanol–water partition coefficient (Wildman–Crippen LogP) is 3.59. The number of nitrogens with zero attached hydrogens (tertiary/aromatic N) is 4. The van der Waals surface area contributed by atoms with E-state index in [9.17, 15) is 4.79 Å². The zero-order chi connectivity index (χ0) is 17.9. The van der Waals surface area contributed by atoms with Gasteiger partial charge < -0.3 is 4.90 Å². The Morgan fingerprint density at radius 3 is 2.50 bits per heavy atom. The van der Waals surface area contributed by atoms with E-state index in [4.69, 9.17) is 0 Å². The highest BCUT2D eigenvalue weighted by atomic mass is 16.2. The van der Waals surface area contributed by atoms with Gasteiger partial charge in [-0.25, -0.2) is 4.68 Å². The summed E-state index contributed by atoms with van der Waals surface area (Å²) >= 11 is 0. The first kappa shape index (κ1) is 16.5. The van der Waals surface area contributed by atoms with Crippen LogP contribution in [0.4, 0.5) is 0 Å². The maximum atomic E-state index is 12.6. The van der Waals surface area contributed by atoms with Crippen molar-refractivity contribution in [2.24, 2.45) is 0 Å². The number of hydrogen-bond acceptors (Lipinski definition) is 3. The molecule has 3 aromatic rings. The van der Waals surface area contributed by atoms with Gasteiger partial charge in [-0.05, 0) is 24.1 Å². The second-order valence-electron chi connectivity index (χ2n) is 6.76. The van der Waals surface area contributed by atoms with Gasteiger partial charge in [-0.3, -0.25) is 4.79 Å². The summed E-state index contributed by atoms with van der Waals surface area (Å²) in [5, 5.41) is 8.50. The van der Waals surface area contributed by atoms with Crippen LogP contribution < -0.4 is 0 Å². The molecule has 1 aliphatic rings. The van der Waals surface area contributed by atoms with Crippen LogP contribution in [0, 0.1) is 0 Å². The van der Waals surface area contributed by atoms with Gasteiger partial charge in [0.25, 0.3) is 5.91 Å². The predicted molar refractivity (Wildman–Crippen MR) is 101 cm³/mol. The summed E-state index contributed by atoms with van der Waals surface area (Å²) in [6.45, 7) is 3.51. The molecule has 1 aliphatic heterocycles. The van der Waals surface area contributed by atoms with E-state index < -0.39 is 0 Å². The number of aromatic nitrogens is 3. The van der Waals surface area contributed by atoms with Crippen molar-refractivity contribution in [1.29, 1.82) is 0 Å². The van der Waals surface area contributed by atoms with Crippen molar-refractivity contribution in [2.45, 2.75) is 25.8 Å². The molecule has 0 N–H and O–H groups in total. The van der Waals surface area contributed by atoms with Crippen LogP contribution in [0.5, 0.6) is 0 Å². The Labute approximate surface area is 153 Å². The van der Waals surface area contributed by atoms with Crippen LogP contribution in [0.2, 0.25) is 0 Å². The Morgan fingerprint density at radius 1 is 1.08 bits per heavy atom. The van der Waals surface area contributed by atoms with Gasteiger partial charge in [0.1, 0.15) is 5.69 Å². The topological polar surface area (TPSA) is 51.0 Å². The van der Waals surface area contributed by atoms with Crippen LogP contribution in [0.15, 0.2) is 60.8 Å². The highest BCUT2D eigenvalue weighted by Gasteiger charge is 2.33. The molecule has 2 heterocycles. The van der Waals surface area contributed by atoms with E-state index in [1.807, 2.05) is 58.2 Å². The molecule has 0 unspecified atom stereocenters. The van der Waals surface area contributed by atoms with Crippen LogP contribution in [-0.2, 0) is 6.42 Å². The van der Waals surface area contributed by atoms with Crippen molar-refractivity contribution >= 4 is 5.91 Å². The maximum absolute atomic E-state index is 12.6. The molecule has 0 spiro atoms. The molecule has 1 fully saturated rings. The zero-order valence-corrected chi connectivity index (χ0v) is 14.9. The standard InChI is InChI=1S/C21H22N4O/c1-2-6-16-9-11-18(12-10-16)21(26)24-13-19(14-24)25-15-20(22-23-25)17-7-4-3-5-8-17/h3-5,7-12,15,19H,2,6,13-14H2,1H3. The van der Waals surface area contributed by atoms with Crippen LogP contribution >= 0.6 is 0 Å². The smallest absolute Gasteiger partial charge is 0.253 e. The van der Waals surface area contributed by atoms with Crippen molar-refractivity contribution < 1.29 is 4.79 Å². The Bertz CT molecular complexity index is 880. The summed E-state index contributed by atoms with van der Waals surface area (Å²) < 4.78 is 1.87. The van der Waals surface area contributed by atoms with E-state index in [1.54, 1.807) is 0 Å². The minimum atomic E-state index is 0.0905. The number of carbonyl (C=O) groups is 1. The minimum Gasteiger partial charge on any atom is -0.334 e. The van der Waals surface area contributed by atoms with Crippen molar-refractivity contribution in [1.82, 2.24) is 19.9 Å². The number of amides is 1. The van der Waals surface area contributed by atoms with Gasteiger partial charge in [-0.15, -0.1) is 5.10 Å². The van der Waals surface area contributed by atoms with Gasteiger partial charge in [-0.2, -0.15) is 0 Å². The van der Waals surface area contributed by atoms with Gasteiger partial charge >= 0.3 is 0 Å². The third-order valence-corrected chi connectivity index (χ3v) is 4.84. The van der Waals surface area contributed by atoms with Crippen molar-refractivity contribution in [3.05, 3.63) is 71.9 Å². The number of carbonyl (C=O) groups excluding carboxylic acids is 1. The van der Waals surface area contributed by atoms with Gasteiger partial charge in [0, 0.05) is 24.2 Å². The summed E-state index contributed by atoms with van der Waals surface area (Å²) in [4.78, 5) is 14.4. The summed E-state index contributed by atoms with van der Waals surface area (Å²) in [5.41, 5.74) is 3.95. The molecule has 0 atom stereocenters. The lowest BCUT2D eigenvalue weighted by Crippen LogP contribution is -2.50. The van der Waals surface area contributed by atoms with E-state index >= 15 is 0 Å². The van der Waals surface area contributed by atoms with E-state index in [-0.39, 0.29) is 11.9 Å². The molecule has 0 bridgehead atoms. The number of hydrogen-bond donors (Lipinski definition) is 0. The lowest BCUT2D eigenvalue weighted by Gasteiger charge is -2.38. The number of likely N-dealkylation sites (tertiary alicyclic amines) is 1. The lowest BCUT2D eigenvalue weighted by molar-refractivity contribution is 0.0498. The molecular formula is C21H22N4O. The fourth-order valence-corrected chi connectivity index (χ4v) is 3.27. The average Bonchev–Trinajstić information content (AvgIpc) is 3.12. The molecule has 1 saturated heterocycles. The van der Waals surface area contributed by atoms with Crippen LogP contribution in [0.1, 0.15) is 35.3 Å². The van der Waals surface area contributed by atoms with Crippen LogP contribution in [0.3, 0.4) is 0 Å². The molecule has 1 amide bonds. The first-order chi connectivity index (χ1) is 12.7. The maximum Gasteiger partial charge on any atom is 0.253 e. The quantitative estimate of drug-likeness (QED) is 0.709. The Kier molecular flexibility index (Phi) is 4.52. The third kappa shape index (κ3) is 3.25. The number of benzene rings is 2. The van der Waals surface area contributed by atoms with E-state index in [1.165, 1.54) is 5.56 Å². The molecular weight excluding hydrogens is 324 g/mol. The number of aryl methyl sites for hydroxylation is 1. The van der Waals surface area contributed by atoms with Crippen LogP contribution in [0.25, 0.3) is 11.3 Å². The molecule has 5 nitrogen and oxygen atoms in total. The first-order valence-corrected chi connectivity index (χ1v) is 9.10. The van der Waals surface area contributed by atoms with E-state index in [0.29, 0.717) is 13.1 Å². The molecule has 2 aromatic carbocycles. The largest absolute Gasteiger partial charge is 0.334 e. The molecule has 0 aliphatic carbocycles. The fraction of sp³-hybridized carbons (Fsp3) is 0.286. The SMILES string of the molecule is CCCc1ccc(C(=O)N2CC(n3cc(-c4ccccc4)nn3)C2)cc1. The summed E-state index contributed by atoms with van der Waals surface area (Å²) in [6.07, 6.45) is 4.13. The molecule has 1 aromatic heterocycles. The molecule has 0 saturated carbocycles. The summed E-state index contributed by atoms with van der Waals surface area (Å²) in [6, 6.07) is 18.2. The van der Waals surface area contributed by atoms with Gasteiger partial charge in [-0.1, -0.05) is 61.0 Å². The summed E-state index contributed by atoms with van der Waals surface area (Å²) in [7, 11) is 0. The highest BCUT2D eigenvalue weighted by Crippen LogP contribution is 2.24. The van der Waals surface area contributed by atoms with Crippen molar-refractivity contribution in [2.75, 3.05) is 13.1 Å². The molecule has 0 radical (unpaired) electrons. The van der Waals surface area contributed by atoms with Gasteiger partial charge in [0.2, 0.25) is 0 Å². The molecule has 5 heteroatoms. The van der Waals surface area contributed by atoms with Crippen molar-refractivity contribution in [3.63, 3.8) is 0 Å². The fourth-order valence-electron chi connectivity index (χ4n) is 3.27. The average molecular weight is 346 g/mol. The normalized spacial score (nSPS) is 14.3. The number of rotatable bonds is 5.